The molecule has 0 saturated carbocycles. The average molecular weight is 408 g/mol. The molecule has 0 spiro atoms. The van der Waals surface area contributed by atoms with E-state index in [-0.39, 0.29) is 0 Å². The summed E-state index contributed by atoms with van der Waals surface area (Å²) < 4.78 is 0. The Balaban J connectivity index is 1.49. The zero-order chi connectivity index (χ0) is 21.2. The molecule has 2 N–H and O–H groups in total. The fraction of sp³-hybridized carbons (Fsp3) is 0.333. The van der Waals surface area contributed by atoms with E-state index in [4.69, 9.17) is 5.73 Å². The SMILES string of the molecule is CCCCCCCCCCc1ccc2c3ccc(N)c4cccc(c5cccc1c52)c43. The molecule has 0 aromatic heterocycles. The van der Waals surface area contributed by atoms with Gasteiger partial charge in [-0.3, -0.25) is 0 Å². The Labute approximate surface area is 185 Å². The number of nitrogen functional groups attached to an aromatic ring is 1. The highest BCUT2D eigenvalue weighted by atomic mass is 14.5. The Kier molecular flexibility index (Phi) is 5.68. The summed E-state index contributed by atoms with van der Waals surface area (Å²) in [4.78, 5) is 0. The third-order valence-electron chi connectivity index (χ3n) is 7.09. The zero-order valence-electron chi connectivity index (χ0n) is 18.7. The number of anilines is 1. The van der Waals surface area contributed by atoms with Gasteiger partial charge >= 0.3 is 0 Å². The third kappa shape index (κ3) is 3.61. The summed E-state index contributed by atoms with van der Waals surface area (Å²) in [5, 5.41) is 10.7. The average Bonchev–Trinajstić information content (AvgIpc) is 2.80. The van der Waals surface area contributed by atoms with Gasteiger partial charge in [0.25, 0.3) is 0 Å². The number of fused-ring (bicyclic) bond motifs is 2. The quantitative estimate of drug-likeness (QED) is 0.112. The first kappa shape index (κ1) is 20.1. The molecule has 31 heavy (non-hydrogen) atoms. The number of hydrogen-bond acceptors (Lipinski definition) is 1. The molecule has 5 aromatic carbocycles. The first-order chi connectivity index (χ1) is 15.3. The van der Waals surface area contributed by atoms with Crippen molar-refractivity contribution in [2.75, 3.05) is 5.73 Å². The molecule has 0 amide bonds. The summed E-state index contributed by atoms with van der Waals surface area (Å²) in [6.07, 6.45) is 12.1. The van der Waals surface area contributed by atoms with Crippen LogP contribution < -0.4 is 5.73 Å². The third-order valence-corrected chi connectivity index (χ3v) is 7.09. The number of unbranched alkanes of at least 4 members (excludes halogenated alkanes) is 7. The van der Waals surface area contributed by atoms with Gasteiger partial charge in [0.1, 0.15) is 0 Å². The second kappa shape index (κ2) is 8.75. The fourth-order valence-electron chi connectivity index (χ4n) is 5.46. The van der Waals surface area contributed by atoms with Crippen molar-refractivity contribution in [3.05, 3.63) is 66.2 Å². The molecule has 1 heteroatoms. The highest BCUT2D eigenvalue weighted by Crippen LogP contribution is 2.42. The molecule has 0 aliphatic rings. The molecule has 0 fully saturated rings. The van der Waals surface area contributed by atoms with E-state index in [9.17, 15) is 0 Å². The minimum Gasteiger partial charge on any atom is -0.398 e. The van der Waals surface area contributed by atoms with Gasteiger partial charge < -0.3 is 5.73 Å². The van der Waals surface area contributed by atoms with Crippen molar-refractivity contribution in [1.29, 1.82) is 0 Å². The minimum absolute atomic E-state index is 0.863. The summed E-state index contributed by atoms with van der Waals surface area (Å²) in [6.45, 7) is 2.29. The van der Waals surface area contributed by atoms with Crippen molar-refractivity contribution >= 4 is 48.8 Å². The molecule has 0 radical (unpaired) electrons. The molecular formula is C30H33N. The molecule has 0 aliphatic heterocycles. The molecule has 0 heterocycles. The molecule has 5 aromatic rings. The van der Waals surface area contributed by atoms with Crippen LogP contribution in [-0.4, -0.2) is 0 Å². The summed E-state index contributed by atoms with van der Waals surface area (Å²) in [6, 6.07) is 22.4. The lowest BCUT2D eigenvalue weighted by molar-refractivity contribution is 0.576. The number of aryl methyl sites for hydroxylation is 1. The van der Waals surface area contributed by atoms with Crippen LogP contribution in [0.2, 0.25) is 0 Å². The van der Waals surface area contributed by atoms with Crippen molar-refractivity contribution in [3.63, 3.8) is 0 Å². The molecule has 0 saturated heterocycles. The van der Waals surface area contributed by atoms with Crippen molar-refractivity contribution < 1.29 is 0 Å². The molecule has 0 atom stereocenters. The predicted octanol–water partition coefficient (Wildman–Crippen LogP) is 9.00. The first-order valence-electron chi connectivity index (χ1n) is 12.2. The molecule has 0 aliphatic carbocycles. The predicted molar refractivity (Wildman–Crippen MR) is 138 cm³/mol. The largest absolute Gasteiger partial charge is 0.398 e. The van der Waals surface area contributed by atoms with Crippen LogP contribution in [0.4, 0.5) is 5.69 Å². The number of nitrogens with two attached hydrogens (primary N) is 1. The molecule has 5 rings (SSSR count). The minimum atomic E-state index is 0.863. The van der Waals surface area contributed by atoms with E-state index in [1.54, 1.807) is 0 Å². The van der Waals surface area contributed by atoms with Gasteiger partial charge in [0.2, 0.25) is 0 Å². The Bertz CT molecular complexity index is 1310. The van der Waals surface area contributed by atoms with Crippen molar-refractivity contribution in [1.82, 2.24) is 0 Å². The summed E-state index contributed by atoms with van der Waals surface area (Å²) in [5.41, 5.74) is 8.69. The lowest BCUT2D eigenvalue weighted by Crippen LogP contribution is -1.93. The maximum Gasteiger partial charge on any atom is 0.0394 e. The molecule has 158 valence electrons. The zero-order valence-corrected chi connectivity index (χ0v) is 18.7. The maximum absolute atomic E-state index is 6.33. The van der Waals surface area contributed by atoms with Gasteiger partial charge in [0.05, 0.1) is 0 Å². The first-order valence-corrected chi connectivity index (χ1v) is 12.2. The van der Waals surface area contributed by atoms with E-state index in [1.165, 1.54) is 106 Å². The molecule has 0 bridgehead atoms. The van der Waals surface area contributed by atoms with E-state index in [0.29, 0.717) is 0 Å². The van der Waals surface area contributed by atoms with Crippen LogP contribution in [0.15, 0.2) is 60.7 Å². The lowest BCUT2D eigenvalue weighted by atomic mass is 9.87. The molecular weight excluding hydrogens is 374 g/mol. The lowest BCUT2D eigenvalue weighted by Gasteiger charge is -2.17. The smallest absolute Gasteiger partial charge is 0.0394 e. The van der Waals surface area contributed by atoms with Gasteiger partial charge in [-0.15, -0.1) is 0 Å². The summed E-state index contributed by atoms with van der Waals surface area (Å²) in [5.74, 6) is 0. The van der Waals surface area contributed by atoms with Crippen molar-refractivity contribution in [2.45, 2.75) is 64.7 Å². The van der Waals surface area contributed by atoms with E-state index in [0.717, 1.165) is 5.69 Å². The van der Waals surface area contributed by atoms with Crippen LogP contribution in [0.5, 0.6) is 0 Å². The van der Waals surface area contributed by atoms with Crippen LogP contribution in [0.1, 0.15) is 63.9 Å². The van der Waals surface area contributed by atoms with Crippen LogP contribution in [0.25, 0.3) is 43.1 Å². The van der Waals surface area contributed by atoms with Crippen LogP contribution in [0, 0.1) is 0 Å². The van der Waals surface area contributed by atoms with Gasteiger partial charge in [0, 0.05) is 11.1 Å². The second-order valence-corrected chi connectivity index (χ2v) is 9.16. The van der Waals surface area contributed by atoms with Crippen molar-refractivity contribution in [2.24, 2.45) is 0 Å². The van der Waals surface area contributed by atoms with E-state index in [1.807, 2.05) is 0 Å². The molecule has 1 nitrogen and oxygen atoms in total. The highest BCUT2D eigenvalue weighted by molar-refractivity contribution is 6.34. The number of benzene rings is 5. The highest BCUT2D eigenvalue weighted by Gasteiger charge is 2.15. The standard InChI is InChI=1S/C30H33N/c1-2-3-4-5-6-7-8-9-12-21-17-18-25-26-19-20-28(31)27-16-11-15-24(30(26)27)23-14-10-13-22(21)29(23)25/h10-11,13-20H,2-9,12,31H2,1H3. The Morgan fingerprint density at radius 1 is 0.516 bits per heavy atom. The van der Waals surface area contributed by atoms with Crippen LogP contribution >= 0.6 is 0 Å². The Hall–Kier alpha value is -2.80. The molecule has 0 unspecified atom stereocenters. The van der Waals surface area contributed by atoms with Crippen LogP contribution in [0.3, 0.4) is 0 Å². The fourth-order valence-corrected chi connectivity index (χ4v) is 5.46. The van der Waals surface area contributed by atoms with E-state index >= 15 is 0 Å². The number of hydrogen-bond donors (Lipinski definition) is 1. The number of rotatable bonds is 9. The van der Waals surface area contributed by atoms with Gasteiger partial charge in [-0.25, -0.2) is 0 Å². The summed E-state index contributed by atoms with van der Waals surface area (Å²) >= 11 is 0. The van der Waals surface area contributed by atoms with E-state index in [2.05, 4.69) is 67.6 Å². The monoisotopic (exact) mass is 407 g/mol. The van der Waals surface area contributed by atoms with Crippen molar-refractivity contribution in [3.8, 4) is 0 Å². The summed E-state index contributed by atoms with van der Waals surface area (Å²) in [7, 11) is 0. The normalized spacial score (nSPS) is 12.0. The van der Waals surface area contributed by atoms with Gasteiger partial charge in [-0.2, -0.15) is 0 Å². The van der Waals surface area contributed by atoms with Crippen LogP contribution in [-0.2, 0) is 6.42 Å². The van der Waals surface area contributed by atoms with E-state index < -0.39 is 0 Å². The van der Waals surface area contributed by atoms with Gasteiger partial charge in [-0.05, 0) is 62.2 Å². The maximum atomic E-state index is 6.33. The van der Waals surface area contributed by atoms with Gasteiger partial charge in [0.15, 0.2) is 0 Å². The topological polar surface area (TPSA) is 26.0 Å². The Morgan fingerprint density at radius 2 is 1.03 bits per heavy atom. The Morgan fingerprint density at radius 3 is 1.74 bits per heavy atom. The van der Waals surface area contributed by atoms with Gasteiger partial charge in [-0.1, -0.05) is 106 Å². The second-order valence-electron chi connectivity index (χ2n) is 9.16.